The highest BCUT2D eigenvalue weighted by molar-refractivity contribution is 5.86. The average molecular weight is 319 g/mol. The quantitative estimate of drug-likeness (QED) is 0.772. The van der Waals surface area contributed by atoms with Gasteiger partial charge in [0.2, 0.25) is 0 Å². The first-order valence-corrected chi connectivity index (χ1v) is 7.03. The van der Waals surface area contributed by atoms with E-state index in [1.807, 2.05) is 0 Å². The van der Waals surface area contributed by atoms with Crippen molar-refractivity contribution in [3.63, 3.8) is 0 Å². The van der Waals surface area contributed by atoms with E-state index < -0.39 is 17.4 Å². The van der Waals surface area contributed by atoms with Crippen LogP contribution in [0.4, 0.5) is 14.6 Å². The van der Waals surface area contributed by atoms with Gasteiger partial charge in [-0.2, -0.15) is 5.10 Å². The Morgan fingerprint density at radius 3 is 2.61 bits per heavy atom. The first-order chi connectivity index (χ1) is 11.0. The SMILES string of the molecule is Cc1nc(NCCc2c(F)cc(O)cc2F)c2cnn(C)c2n1. The maximum Gasteiger partial charge on any atom is 0.163 e. The number of aromatic nitrogens is 4. The van der Waals surface area contributed by atoms with Crippen LogP contribution in [0.1, 0.15) is 11.4 Å². The normalized spacial score (nSPS) is 11.1. The lowest BCUT2D eigenvalue weighted by atomic mass is 10.1. The highest BCUT2D eigenvalue weighted by Gasteiger charge is 2.13. The van der Waals surface area contributed by atoms with Crippen molar-refractivity contribution in [3.8, 4) is 5.75 Å². The molecule has 0 radical (unpaired) electrons. The monoisotopic (exact) mass is 319 g/mol. The minimum atomic E-state index is -0.769. The van der Waals surface area contributed by atoms with Gasteiger partial charge in [-0.1, -0.05) is 0 Å². The summed E-state index contributed by atoms with van der Waals surface area (Å²) < 4.78 is 29.0. The second kappa shape index (κ2) is 5.79. The molecule has 0 atom stereocenters. The molecule has 2 aromatic heterocycles. The molecule has 2 N–H and O–H groups in total. The molecule has 0 aliphatic rings. The molecule has 0 saturated carbocycles. The molecule has 120 valence electrons. The second-order valence-corrected chi connectivity index (χ2v) is 5.19. The van der Waals surface area contributed by atoms with Crippen molar-refractivity contribution in [3.05, 3.63) is 41.4 Å². The van der Waals surface area contributed by atoms with E-state index in [9.17, 15) is 8.78 Å². The van der Waals surface area contributed by atoms with E-state index in [1.165, 1.54) is 0 Å². The van der Waals surface area contributed by atoms with Crippen molar-refractivity contribution in [2.75, 3.05) is 11.9 Å². The number of fused-ring (bicyclic) bond motifs is 1. The standard InChI is InChI=1S/C15H15F2N5O/c1-8-20-14(11-7-19-22(2)15(11)21-8)18-4-3-10-12(16)5-9(23)6-13(10)17/h5-7,23H,3-4H2,1-2H3,(H,18,20,21). The van der Waals surface area contributed by atoms with Gasteiger partial charge in [0.1, 0.15) is 29.0 Å². The molecule has 0 aliphatic heterocycles. The van der Waals surface area contributed by atoms with E-state index >= 15 is 0 Å². The van der Waals surface area contributed by atoms with Crippen molar-refractivity contribution in [1.29, 1.82) is 0 Å². The van der Waals surface area contributed by atoms with E-state index in [0.717, 1.165) is 17.5 Å². The van der Waals surface area contributed by atoms with Gasteiger partial charge in [0.15, 0.2) is 5.65 Å². The summed E-state index contributed by atoms with van der Waals surface area (Å²) in [7, 11) is 1.78. The number of aromatic hydroxyl groups is 1. The number of nitrogens with one attached hydrogen (secondary N) is 1. The van der Waals surface area contributed by atoms with E-state index in [1.54, 1.807) is 24.9 Å². The van der Waals surface area contributed by atoms with Gasteiger partial charge in [0.05, 0.1) is 11.6 Å². The topological polar surface area (TPSA) is 75.9 Å². The summed E-state index contributed by atoms with van der Waals surface area (Å²) in [6.07, 6.45) is 1.75. The molecule has 0 fully saturated rings. The van der Waals surface area contributed by atoms with Gasteiger partial charge in [-0.3, -0.25) is 4.68 Å². The number of hydrogen-bond acceptors (Lipinski definition) is 5. The van der Waals surface area contributed by atoms with Gasteiger partial charge in [0.25, 0.3) is 0 Å². The smallest absolute Gasteiger partial charge is 0.163 e. The fourth-order valence-electron chi connectivity index (χ4n) is 2.40. The Labute approximate surface area is 130 Å². The minimum Gasteiger partial charge on any atom is -0.508 e. The van der Waals surface area contributed by atoms with Gasteiger partial charge in [-0.25, -0.2) is 18.7 Å². The largest absolute Gasteiger partial charge is 0.508 e. The Balaban J connectivity index is 1.80. The molecule has 0 aliphatic carbocycles. The predicted octanol–water partition coefficient (Wildman–Crippen LogP) is 2.31. The number of halogens is 2. The zero-order chi connectivity index (χ0) is 16.6. The number of aryl methyl sites for hydroxylation is 2. The third-order valence-corrected chi connectivity index (χ3v) is 3.50. The van der Waals surface area contributed by atoms with Crippen LogP contribution in [0.2, 0.25) is 0 Å². The van der Waals surface area contributed by atoms with Crippen LogP contribution in [0, 0.1) is 18.6 Å². The van der Waals surface area contributed by atoms with Gasteiger partial charge in [-0.05, 0) is 13.3 Å². The Kier molecular flexibility index (Phi) is 3.81. The zero-order valence-corrected chi connectivity index (χ0v) is 12.6. The fraction of sp³-hybridized carbons (Fsp3) is 0.267. The third kappa shape index (κ3) is 2.92. The molecule has 3 aromatic rings. The average Bonchev–Trinajstić information content (AvgIpc) is 2.83. The first-order valence-electron chi connectivity index (χ1n) is 7.03. The van der Waals surface area contributed by atoms with Crippen LogP contribution in [0.5, 0.6) is 5.75 Å². The van der Waals surface area contributed by atoms with Crippen molar-refractivity contribution in [1.82, 2.24) is 19.7 Å². The second-order valence-electron chi connectivity index (χ2n) is 5.19. The van der Waals surface area contributed by atoms with Crippen molar-refractivity contribution >= 4 is 16.9 Å². The van der Waals surface area contributed by atoms with E-state index in [-0.39, 0.29) is 18.5 Å². The Morgan fingerprint density at radius 1 is 1.22 bits per heavy atom. The van der Waals surface area contributed by atoms with Crippen LogP contribution < -0.4 is 5.32 Å². The van der Waals surface area contributed by atoms with Crippen molar-refractivity contribution in [2.24, 2.45) is 7.05 Å². The number of phenols is 1. The van der Waals surface area contributed by atoms with Crippen LogP contribution in [0.3, 0.4) is 0 Å². The number of hydrogen-bond donors (Lipinski definition) is 2. The van der Waals surface area contributed by atoms with Crippen LogP contribution in [-0.4, -0.2) is 31.4 Å². The molecule has 6 nitrogen and oxygen atoms in total. The van der Waals surface area contributed by atoms with E-state index in [4.69, 9.17) is 5.11 Å². The summed E-state index contributed by atoms with van der Waals surface area (Å²) in [4.78, 5) is 8.60. The minimum absolute atomic E-state index is 0.0801. The molecule has 0 amide bonds. The van der Waals surface area contributed by atoms with Crippen molar-refractivity contribution in [2.45, 2.75) is 13.3 Å². The molecule has 0 bridgehead atoms. The zero-order valence-electron chi connectivity index (χ0n) is 12.6. The number of benzene rings is 1. The third-order valence-electron chi connectivity index (χ3n) is 3.50. The Bertz CT molecular complexity index is 855. The van der Waals surface area contributed by atoms with Gasteiger partial charge in [-0.15, -0.1) is 0 Å². The van der Waals surface area contributed by atoms with Gasteiger partial charge in [0, 0.05) is 31.3 Å². The van der Waals surface area contributed by atoms with E-state index in [0.29, 0.717) is 17.3 Å². The Morgan fingerprint density at radius 2 is 1.91 bits per heavy atom. The summed E-state index contributed by atoms with van der Waals surface area (Å²) in [5, 5.41) is 17.1. The fourth-order valence-corrected chi connectivity index (χ4v) is 2.40. The van der Waals surface area contributed by atoms with Crippen molar-refractivity contribution < 1.29 is 13.9 Å². The summed E-state index contributed by atoms with van der Waals surface area (Å²) in [5.74, 6) is -0.824. The molecule has 0 unspecified atom stereocenters. The molecule has 23 heavy (non-hydrogen) atoms. The molecule has 3 rings (SSSR count). The van der Waals surface area contributed by atoms with Crippen LogP contribution in [0.25, 0.3) is 11.0 Å². The maximum absolute atomic E-state index is 13.7. The molecular formula is C15H15F2N5O. The van der Waals surface area contributed by atoms with Crippen LogP contribution in [0.15, 0.2) is 18.3 Å². The molecule has 0 spiro atoms. The molecule has 8 heteroatoms. The summed E-state index contributed by atoms with van der Waals surface area (Å²) >= 11 is 0. The highest BCUT2D eigenvalue weighted by Crippen LogP contribution is 2.22. The molecular weight excluding hydrogens is 304 g/mol. The van der Waals surface area contributed by atoms with Gasteiger partial charge < -0.3 is 10.4 Å². The molecule has 2 heterocycles. The summed E-state index contributed by atoms with van der Waals surface area (Å²) in [6.45, 7) is 2.04. The molecule has 1 aromatic carbocycles. The summed E-state index contributed by atoms with van der Waals surface area (Å²) in [5.41, 5.74) is 0.602. The highest BCUT2D eigenvalue weighted by atomic mass is 19.1. The maximum atomic E-state index is 13.7. The number of anilines is 1. The first kappa shape index (κ1) is 15.1. The number of phenolic OH excluding ortho intramolecular Hbond substituents is 1. The summed E-state index contributed by atoms with van der Waals surface area (Å²) in [6, 6.07) is 1.79. The lowest BCUT2D eigenvalue weighted by molar-refractivity contribution is 0.456. The number of rotatable bonds is 4. The van der Waals surface area contributed by atoms with E-state index in [2.05, 4.69) is 20.4 Å². The lowest BCUT2D eigenvalue weighted by Gasteiger charge is -2.09. The van der Waals surface area contributed by atoms with Gasteiger partial charge >= 0.3 is 0 Å². The Hall–Kier alpha value is -2.77. The predicted molar refractivity (Wildman–Crippen MR) is 81.3 cm³/mol. The number of nitrogens with zero attached hydrogens (tertiary/aromatic N) is 4. The molecule has 0 saturated heterocycles. The van der Waals surface area contributed by atoms with Crippen LogP contribution >= 0.6 is 0 Å². The van der Waals surface area contributed by atoms with Crippen LogP contribution in [-0.2, 0) is 13.5 Å². The lowest BCUT2D eigenvalue weighted by Crippen LogP contribution is -2.10.